The third kappa shape index (κ3) is 4.40. The van der Waals surface area contributed by atoms with Crippen molar-refractivity contribution >= 4 is 21.6 Å². The van der Waals surface area contributed by atoms with Gasteiger partial charge in [-0.3, -0.25) is 4.79 Å². The van der Waals surface area contributed by atoms with E-state index >= 15 is 0 Å². The van der Waals surface area contributed by atoms with Gasteiger partial charge < -0.3 is 11.1 Å². The van der Waals surface area contributed by atoms with Gasteiger partial charge >= 0.3 is 0 Å². The molecule has 0 aliphatic heterocycles. The van der Waals surface area contributed by atoms with E-state index in [4.69, 9.17) is 5.73 Å². The van der Waals surface area contributed by atoms with E-state index in [0.29, 0.717) is 12.1 Å². The zero-order valence-electron chi connectivity index (χ0n) is 12.2. The summed E-state index contributed by atoms with van der Waals surface area (Å²) >= 11 is 0. The summed E-state index contributed by atoms with van der Waals surface area (Å²) in [5, 5.41) is 2.56. The van der Waals surface area contributed by atoms with Gasteiger partial charge in [0, 0.05) is 12.2 Å². The normalized spacial score (nSPS) is 13.0. The van der Waals surface area contributed by atoms with Crippen molar-refractivity contribution in [3.05, 3.63) is 23.5 Å². The molecule has 0 bridgehead atoms. The molecule has 0 aliphatic carbocycles. The highest BCUT2D eigenvalue weighted by atomic mass is 32.2. The van der Waals surface area contributed by atoms with Gasteiger partial charge in [0.05, 0.1) is 6.04 Å². The third-order valence-corrected chi connectivity index (χ3v) is 4.44. The van der Waals surface area contributed by atoms with Gasteiger partial charge in [-0.1, -0.05) is 6.92 Å². The summed E-state index contributed by atoms with van der Waals surface area (Å²) in [5.74, 6) is -1.38. The summed E-state index contributed by atoms with van der Waals surface area (Å²) in [6.45, 7) is 5.28. The second-order valence-electron chi connectivity index (χ2n) is 4.77. The number of nitrogens with one attached hydrogen (secondary N) is 2. The van der Waals surface area contributed by atoms with Crippen molar-refractivity contribution in [2.24, 2.45) is 0 Å². The van der Waals surface area contributed by atoms with Gasteiger partial charge in [0.15, 0.2) is 0 Å². The molecule has 6 nitrogen and oxygen atoms in total. The maximum atomic E-state index is 13.8. The van der Waals surface area contributed by atoms with Crippen LogP contribution in [0.1, 0.15) is 25.8 Å². The molecular weight excluding hydrogens is 297 g/mol. The Hall–Kier alpha value is -1.67. The molecule has 1 unspecified atom stereocenters. The maximum absolute atomic E-state index is 13.8. The fraction of sp³-hybridized carbons (Fsp3) is 0.462. The molecule has 4 N–H and O–H groups in total. The van der Waals surface area contributed by atoms with E-state index in [1.807, 2.05) is 6.92 Å². The van der Waals surface area contributed by atoms with Crippen LogP contribution in [0.5, 0.6) is 0 Å². The van der Waals surface area contributed by atoms with Crippen LogP contribution in [0.4, 0.5) is 10.1 Å². The summed E-state index contributed by atoms with van der Waals surface area (Å²) in [4.78, 5) is 11.1. The lowest BCUT2D eigenvalue weighted by Gasteiger charge is -2.15. The number of anilines is 1. The van der Waals surface area contributed by atoms with Crippen LogP contribution in [-0.2, 0) is 14.8 Å². The molecule has 0 spiro atoms. The average molecular weight is 317 g/mol. The topological polar surface area (TPSA) is 101 Å². The quantitative estimate of drug-likeness (QED) is 0.679. The summed E-state index contributed by atoms with van der Waals surface area (Å²) < 4.78 is 40.2. The molecule has 0 fully saturated rings. The largest absolute Gasteiger partial charge is 0.398 e. The lowest BCUT2D eigenvalue weighted by Crippen LogP contribution is -2.45. The Bertz CT molecular complexity index is 632. The highest BCUT2D eigenvalue weighted by molar-refractivity contribution is 7.89. The molecule has 1 aromatic carbocycles. The van der Waals surface area contributed by atoms with Crippen molar-refractivity contribution in [1.29, 1.82) is 0 Å². The third-order valence-electron chi connectivity index (χ3n) is 2.88. The van der Waals surface area contributed by atoms with Crippen molar-refractivity contribution in [1.82, 2.24) is 10.0 Å². The van der Waals surface area contributed by atoms with Gasteiger partial charge in [-0.25, -0.2) is 12.8 Å². The predicted molar refractivity (Wildman–Crippen MR) is 78.6 cm³/mol. The van der Waals surface area contributed by atoms with Crippen LogP contribution in [0.2, 0.25) is 0 Å². The Balaban J connectivity index is 2.97. The number of carbonyl (C=O) groups is 1. The van der Waals surface area contributed by atoms with Gasteiger partial charge in [0.1, 0.15) is 10.7 Å². The van der Waals surface area contributed by atoms with Crippen LogP contribution in [0.25, 0.3) is 0 Å². The van der Waals surface area contributed by atoms with Crippen molar-refractivity contribution in [3.63, 3.8) is 0 Å². The summed E-state index contributed by atoms with van der Waals surface area (Å²) in [5.41, 5.74) is 6.22. The van der Waals surface area contributed by atoms with Crippen molar-refractivity contribution < 1.29 is 17.6 Å². The lowest BCUT2D eigenvalue weighted by molar-refractivity contribution is -0.122. The van der Waals surface area contributed by atoms with E-state index in [9.17, 15) is 17.6 Å². The molecule has 21 heavy (non-hydrogen) atoms. The molecule has 0 radical (unpaired) electrons. The first-order chi connectivity index (χ1) is 9.69. The van der Waals surface area contributed by atoms with Crippen molar-refractivity contribution in [2.75, 3.05) is 12.3 Å². The van der Waals surface area contributed by atoms with Crippen LogP contribution < -0.4 is 15.8 Å². The van der Waals surface area contributed by atoms with Gasteiger partial charge in [0.25, 0.3) is 0 Å². The molecule has 1 atom stereocenters. The molecule has 0 saturated carbocycles. The van der Waals surface area contributed by atoms with Gasteiger partial charge in [-0.05, 0) is 38.0 Å². The number of carbonyl (C=O) groups excluding carboxylic acids is 1. The average Bonchev–Trinajstić information content (AvgIpc) is 2.39. The minimum Gasteiger partial charge on any atom is -0.398 e. The number of halogens is 1. The number of benzene rings is 1. The highest BCUT2D eigenvalue weighted by Crippen LogP contribution is 2.21. The lowest BCUT2D eigenvalue weighted by atomic mass is 10.2. The smallest absolute Gasteiger partial charge is 0.244 e. The van der Waals surface area contributed by atoms with E-state index in [0.717, 1.165) is 18.6 Å². The summed E-state index contributed by atoms with van der Waals surface area (Å²) in [7, 11) is -4.17. The number of rotatable bonds is 6. The molecule has 1 rings (SSSR count). The van der Waals surface area contributed by atoms with E-state index in [1.54, 1.807) is 6.92 Å². The Kier molecular flexibility index (Phi) is 5.68. The maximum Gasteiger partial charge on any atom is 0.244 e. The Labute approximate surface area is 124 Å². The Morgan fingerprint density at radius 3 is 2.62 bits per heavy atom. The fourth-order valence-corrected chi connectivity index (χ4v) is 2.92. The minimum atomic E-state index is -4.17. The number of nitrogen functional groups attached to an aromatic ring is 1. The van der Waals surface area contributed by atoms with Crippen LogP contribution in [-0.4, -0.2) is 26.9 Å². The number of sulfonamides is 1. The molecule has 1 amide bonds. The second-order valence-corrected chi connectivity index (χ2v) is 6.46. The van der Waals surface area contributed by atoms with Gasteiger partial charge in [-0.15, -0.1) is 0 Å². The van der Waals surface area contributed by atoms with E-state index in [-0.39, 0.29) is 5.69 Å². The molecule has 1 aromatic rings. The Morgan fingerprint density at radius 1 is 1.43 bits per heavy atom. The SMILES string of the molecule is CCCNC(=O)C(C)NS(=O)(=O)c1cc(N)c(C)cc1F. The Morgan fingerprint density at radius 2 is 2.05 bits per heavy atom. The number of hydrogen-bond donors (Lipinski definition) is 3. The number of amides is 1. The molecule has 0 heterocycles. The first-order valence-electron chi connectivity index (χ1n) is 6.54. The van der Waals surface area contributed by atoms with Crippen LogP contribution in [0, 0.1) is 12.7 Å². The first-order valence-corrected chi connectivity index (χ1v) is 8.03. The minimum absolute atomic E-state index is 0.167. The van der Waals surface area contributed by atoms with Gasteiger partial charge in [-0.2, -0.15) is 4.72 Å². The van der Waals surface area contributed by atoms with Crippen LogP contribution >= 0.6 is 0 Å². The molecule has 0 aromatic heterocycles. The van der Waals surface area contributed by atoms with Crippen LogP contribution in [0.15, 0.2) is 17.0 Å². The second kappa shape index (κ2) is 6.86. The van der Waals surface area contributed by atoms with Crippen molar-refractivity contribution in [2.45, 2.75) is 38.1 Å². The van der Waals surface area contributed by atoms with Gasteiger partial charge in [0.2, 0.25) is 15.9 Å². The molecular formula is C13H20FN3O3S. The van der Waals surface area contributed by atoms with Crippen molar-refractivity contribution in [3.8, 4) is 0 Å². The predicted octanol–water partition coefficient (Wildman–Crippen LogP) is 0.909. The van der Waals surface area contributed by atoms with E-state index in [1.165, 1.54) is 6.92 Å². The number of nitrogens with two attached hydrogens (primary N) is 1. The molecule has 118 valence electrons. The molecule has 0 saturated heterocycles. The zero-order chi connectivity index (χ0) is 16.2. The number of hydrogen-bond acceptors (Lipinski definition) is 4. The molecule has 8 heteroatoms. The zero-order valence-corrected chi connectivity index (χ0v) is 13.1. The van der Waals surface area contributed by atoms with E-state index in [2.05, 4.69) is 10.0 Å². The first kappa shape index (κ1) is 17.4. The summed E-state index contributed by atoms with van der Waals surface area (Å²) in [6, 6.07) is 1.08. The fourth-order valence-electron chi connectivity index (χ4n) is 1.63. The monoisotopic (exact) mass is 317 g/mol. The molecule has 0 aliphatic rings. The standard InChI is InChI=1S/C13H20FN3O3S/c1-4-5-16-13(18)9(3)17-21(19,20)12-7-11(15)8(2)6-10(12)14/h6-7,9,17H,4-5,15H2,1-3H3,(H,16,18). The highest BCUT2D eigenvalue weighted by Gasteiger charge is 2.25. The van der Waals surface area contributed by atoms with Crippen LogP contribution in [0.3, 0.4) is 0 Å². The number of aryl methyl sites for hydroxylation is 1. The summed E-state index contributed by atoms with van der Waals surface area (Å²) in [6.07, 6.45) is 0.730. The van der Waals surface area contributed by atoms with E-state index < -0.39 is 32.7 Å².